The lowest BCUT2D eigenvalue weighted by atomic mass is 10.00. The van der Waals surface area contributed by atoms with Gasteiger partial charge in [0.1, 0.15) is 0 Å². The van der Waals surface area contributed by atoms with E-state index >= 15 is 0 Å². The first kappa shape index (κ1) is 15.3. The summed E-state index contributed by atoms with van der Waals surface area (Å²) in [5, 5.41) is 5.60. The van der Waals surface area contributed by atoms with E-state index in [1.54, 1.807) is 11.3 Å². The molecule has 0 unspecified atom stereocenters. The molecule has 2 aromatic heterocycles. The van der Waals surface area contributed by atoms with E-state index < -0.39 is 0 Å². The number of aromatic nitrogens is 2. The van der Waals surface area contributed by atoms with Gasteiger partial charge in [-0.25, -0.2) is 4.98 Å². The molecule has 112 valence electrons. The maximum atomic E-state index is 4.83. The Balaban J connectivity index is 2.41. The van der Waals surface area contributed by atoms with Crippen LogP contribution in [0.15, 0.2) is 11.6 Å². The van der Waals surface area contributed by atoms with Gasteiger partial charge >= 0.3 is 0 Å². The molecular formula is C15H26N4S. The van der Waals surface area contributed by atoms with E-state index in [4.69, 9.17) is 4.98 Å². The summed E-state index contributed by atoms with van der Waals surface area (Å²) in [7, 11) is 2.15. The molecule has 2 aromatic rings. The highest BCUT2D eigenvalue weighted by atomic mass is 32.1. The Kier molecular flexibility index (Phi) is 4.39. The third kappa shape index (κ3) is 2.83. The van der Waals surface area contributed by atoms with E-state index in [-0.39, 0.29) is 5.54 Å². The van der Waals surface area contributed by atoms with Gasteiger partial charge in [-0.2, -0.15) is 0 Å². The van der Waals surface area contributed by atoms with Crippen molar-refractivity contribution in [2.24, 2.45) is 0 Å². The second-order valence-electron chi connectivity index (χ2n) is 6.20. The fourth-order valence-corrected chi connectivity index (χ4v) is 2.81. The molecule has 0 aliphatic carbocycles. The van der Waals surface area contributed by atoms with Crippen molar-refractivity contribution in [3.8, 4) is 0 Å². The fraction of sp³-hybridized carbons (Fsp3) is 0.667. The Bertz CT molecular complexity index is 567. The van der Waals surface area contributed by atoms with E-state index in [9.17, 15) is 0 Å². The van der Waals surface area contributed by atoms with Crippen molar-refractivity contribution in [1.29, 1.82) is 0 Å². The van der Waals surface area contributed by atoms with Crippen LogP contribution in [0.4, 0.5) is 5.82 Å². The van der Waals surface area contributed by atoms with Crippen LogP contribution >= 0.6 is 11.3 Å². The topological polar surface area (TPSA) is 32.6 Å². The number of hydrogen-bond donors (Lipinski definition) is 1. The first-order valence-corrected chi connectivity index (χ1v) is 8.16. The predicted octanol–water partition coefficient (Wildman–Crippen LogP) is 3.52. The monoisotopic (exact) mass is 294 g/mol. The molecule has 0 aliphatic rings. The highest BCUT2D eigenvalue weighted by Crippen LogP contribution is 2.29. The van der Waals surface area contributed by atoms with Gasteiger partial charge in [-0.15, -0.1) is 11.3 Å². The lowest BCUT2D eigenvalue weighted by Gasteiger charge is -2.35. The number of imidazole rings is 1. The SMILES string of the molecule is CCC(C)(C)N(C)c1nc2sccn2c1CNC(C)C. The minimum absolute atomic E-state index is 0.108. The van der Waals surface area contributed by atoms with E-state index in [2.05, 4.69) is 67.9 Å². The molecule has 4 nitrogen and oxygen atoms in total. The zero-order valence-corrected chi connectivity index (χ0v) is 14.2. The third-order valence-electron chi connectivity index (χ3n) is 4.11. The number of nitrogens with one attached hydrogen (secondary N) is 1. The summed E-state index contributed by atoms with van der Waals surface area (Å²) in [5.41, 5.74) is 1.36. The number of thiazole rings is 1. The Hall–Kier alpha value is -1.07. The third-order valence-corrected chi connectivity index (χ3v) is 4.87. The average molecular weight is 294 g/mol. The fourth-order valence-electron chi connectivity index (χ4n) is 2.08. The summed E-state index contributed by atoms with van der Waals surface area (Å²) >= 11 is 1.69. The van der Waals surface area contributed by atoms with Crippen molar-refractivity contribution < 1.29 is 0 Å². The van der Waals surface area contributed by atoms with Crippen LogP contribution in [-0.4, -0.2) is 28.0 Å². The van der Waals surface area contributed by atoms with Gasteiger partial charge < -0.3 is 10.2 Å². The van der Waals surface area contributed by atoms with Gasteiger partial charge in [0.25, 0.3) is 0 Å². The summed E-state index contributed by atoms with van der Waals surface area (Å²) in [6.45, 7) is 11.9. The molecule has 0 amide bonds. The van der Waals surface area contributed by atoms with E-state index in [0.717, 1.165) is 23.7 Å². The van der Waals surface area contributed by atoms with Crippen molar-refractivity contribution in [2.45, 2.75) is 59.2 Å². The van der Waals surface area contributed by atoms with Crippen molar-refractivity contribution in [2.75, 3.05) is 11.9 Å². The normalized spacial score (nSPS) is 12.6. The van der Waals surface area contributed by atoms with E-state index in [0.29, 0.717) is 6.04 Å². The standard InChI is InChI=1S/C15H26N4S/c1-7-15(4,5)18(6)13-12(10-16-11(2)3)19-8-9-20-14(19)17-13/h8-9,11,16H,7,10H2,1-6H3. The predicted molar refractivity (Wildman–Crippen MR) is 87.8 cm³/mol. The average Bonchev–Trinajstić information content (AvgIpc) is 2.95. The molecule has 2 heterocycles. The zero-order valence-electron chi connectivity index (χ0n) is 13.4. The number of fused-ring (bicyclic) bond motifs is 1. The van der Waals surface area contributed by atoms with Gasteiger partial charge in [-0.3, -0.25) is 4.40 Å². The van der Waals surface area contributed by atoms with Crippen LogP contribution in [0.2, 0.25) is 0 Å². The van der Waals surface area contributed by atoms with Gasteiger partial charge in [-0.1, -0.05) is 20.8 Å². The van der Waals surface area contributed by atoms with Crippen molar-refractivity contribution in [3.63, 3.8) is 0 Å². The zero-order chi connectivity index (χ0) is 14.9. The molecule has 0 aliphatic heterocycles. The van der Waals surface area contributed by atoms with Crippen molar-refractivity contribution in [3.05, 3.63) is 17.3 Å². The maximum Gasteiger partial charge on any atom is 0.195 e. The number of anilines is 1. The molecule has 5 heteroatoms. The van der Waals surface area contributed by atoms with Crippen LogP contribution in [-0.2, 0) is 6.54 Å². The van der Waals surface area contributed by atoms with E-state index in [1.807, 2.05) is 0 Å². The summed E-state index contributed by atoms with van der Waals surface area (Å²) in [6.07, 6.45) is 3.20. The minimum atomic E-state index is 0.108. The first-order chi connectivity index (χ1) is 9.36. The summed E-state index contributed by atoms with van der Waals surface area (Å²) in [4.78, 5) is 8.21. The van der Waals surface area contributed by atoms with Gasteiger partial charge in [-0.05, 0) is 20.3 Å². The maximum absolute atomic E-state index is 4.83. The molecule has 0 saturated carbocycles. The van der Waals surface area contributed by atoms with Crippen LogP contribution in [0.25, 0.3) is 4.96 Å². The highest BCUT2D eigenvalue weighted by molar-refractivity contribution is 7.15. The number of hydrogen-bond acceptors (Lipinski definition) is 4. The second kappa shape index (κ2) is 5.74. The highest BCUT2D eigenvalue weighted by Gasteiger charge is 2.26. The van der Waals surface area contributed by atoms with Gasteiger partial charge in [0, 0.05) is 36.8 Å². The molecule has 0 radical (unpaired) electrons. The molecule has 1 N–H and O–H groups in total. The molecule has 0 spiro atoms. The Morgan fingerprint density at radius 1 is 1.45 bits per heavy atom. The Morgan fingerprint density at radius 2 is 2.15 bits per heavy atom. The molecule has 0 saturated heterocycles. The molecular weight excluding hydrogens is 268 g/mol. The smallest absolute Gasteiger partial charge is 0.195 e. The van der Waals surface area contributed by atoms with Crippen LogP contribution < -0.4 is 10.2 Å². The van der Waals surface area contributed by atoms with Gasteiger partial charge in [0.15, 0.2) is 10.8 Å². The quantitative estimate of drug-likeness (QED) is 0.885. The number of rotatable bonds is 6. The van der Waals surface area contributed by atoms with E-state index in [1.165, 1.54) is 5.69 Å². The largest absolute Gasteiger partial charge is 0.353 e. The van der Waals surface area contributed by atoms with Crippen LogP contribution in [0, 0.1) is 0 Å². The van der Waals surface area contributed by atoms with Crippen molar-refractivity contribution in [1.82, 2.24) is 14.7 Å². The molecule has 0 aromatic carbocycles. The minimum Gasteiger partial charge on any atom is -0.353 e. The summed E-state index contributed by atoms with van der Waals surface area (Å²) in [5.74, 6) is 1.09. The lowest BCUT2D eigenvalue weighted by molar-refractivity contribution is 0.465. The molecule has 20 heavy (non-hydrogen) atoms. The van der Waals surface area contributed by atoms with Crippen LogP contribution in [0.1, 0.15) is 46.7 Å². The molecule has 2 rings (SSSR count). The summed E-state index contributed by atoms with van der Waals surface area (Å²) < 4.78 is 2.21. The van der Waals surface area contributed by atoms with Gasteiger partial charge in [0.2, 0.25) is 0 Å². The Morgan fingerprint density at radius 3 is 2.75 bits per heavy atom. The first-order valence-electron chi connectivity index (χ1n) is 7.28. The molecule has 0 atom stereocenters. The van der Waals surface area contributed by atoms with Crippen LogP contribution in [0.5, 0.6) is 0 Å². The number of nitrogens with zero attached hydrogens (tertiary/aromatic N) is 3. The van der Waals surface area contributed by atoms with Crippen molar-refractivity contribution >= 4 is 22.1 Å². The Labute approximate surface area is 125 Å². The lowest BCUT2D eigenvalue weighted by Crippen LogP contribution is -2.41. The molecule has 0 bridgehead atoms. The molecule has 0 fully saturated rings. The summed E-state index contributed by atoms with van der Waals surface area (Å²) in [6, 6.07) is 0.469. The van der Waals surface area contributed by atoms with Crippen LogP contribution in [0.3, 0.4) is 0 Å². The van der Waals surface area contributed by atoms with Gasteiger partial charge in [0.05, 0.1) is 5.69 Å². The second-order valence-corrected chi connectivity index (χ2v) is 7.07.